The molecule has 38 heavy (non-hydrogen) atoms. The minimum atomic E-state index is -1.43. The van der Waals surface area contributed by atoms with Crippen molar-refractivity contribution in [2.24, 2.45) is 0 Å². The number of ether oxygens (including phenoxy) is 1. The van der Waals surface area contributed by atoms with E-state index in [9.17, 15) is 13.8 Å². The van der Waals surface area contributed by atoms with Crippen LogP contribution < -0.4 is 10.7 Å². The minimum absolute atomic E-state index is 0.00106. The van der Waals surface area contributed by atoms with Crippen molar-refractivity contribution in [1.29, 1.82) is 0 Å². The molecule has 1 amide bonds. The maximum Gasteiger partial charge on any atom is 0.276 e. The predicted molar refractivity (Wildman–Crippen MR) is 148 cm³/mol. The maximum atomic E-state index is 13.5. The van der Waals surface area contributed by atoms with Gasteiger partial charge in [-0.2, -0.15) is 5.10 Å². The summed E-state index contributed by atoms with van der Waals surface area (Å²) in [6.07, 6.45) is 0. The van der Waals surface area contributed by atoms with Gasteiger partial charge in [0.2, 0.25) is 5.43 Å². The second-order valence-electron chi connectivity index (χ2n) is 9.01. The largest absolute Gasteiger partial charge is 0.379 e. The smallest absolute Gasteiger partial charge is 0.276 e. The van der Waals surface area contributed by atoms with Crippen molar-refractivity contribution >= 4 is 39.2 Å². The van der Waals surface area contributed by atoms with Crippen LogP contribution in [0, 0.1) is 0 Å². The second-order valence-corrected chi connectivity index (χ2v) is 10.9. The number of benzene rings is 3. The minimum Gasteiger partial charge on any atom is -0.379 e. The number of morpholine rings is 1. The molecule has 1 aromatic heterocycles. The highest BCUT2D eigenvalue weighted by atomic mass is 35.5. The molecule has 1 unspecified atom stereocenters. The molecule has 10 heteroatoms. The van der Waals surface area contributed by atoms with Gasteiger partial charge in [-0.3, -0.25) is 23.4 Å². The van der Waals surface area contributed by atoms with Crippen molar-refractivity contribution in [2.75, 3.05) is 26.3 Å². The molecular weight excluding hydrogens is 524 g/mol. The Kier molecular flexibility index (Phi) is 8.29. The highest BCUT2D eigenvalue weighted by Gasteiger charge is 2.20. The van der Waals surface area contributed by atoms with Crippen molar-refractivity contribution < 1.29 is 13.7 Å². The number of halogens is 1. The molecule has 0 bridgehead atoms. The van der Waals surface area contributed by atoms with Gasteiger partial charge in [-0.1, -0.05) is 48.0 Å². The van der Waals surface area contributed by atoms with Crippen LogP contribution in [0.4, 0.5) is 0 Å². The van der Waals surface area contributed by atoms with Crippen LogP contribution in [0.25, 0.3) is 10.9 Å². The monoisotopic (exact) mass is 550 g/mol. The molecule has 0 aliphatic carbocycles. The first-order chi connectivity index (χ1) is 18.5. The van der Waals surface area contributed by atoms with E-state index >= 15 is 0 Å². The van der Waals surface area contributed by atoms with Crippen molar-refractivity contribution in [3.05, 3.63) is 105 Å². The maximum absolute atomic E-state index is 13.5. The van der Waals surface area contributed by atoms with Gasteiger partial charge in [0.15, 0.2) is 5.69 Å². The number of hydrogen-bond acceptors (Lipinski definition) is 6. The van der Waals surface area contributed by atoms with Gasteiger partial charge in [-0.15, -0.1) is 0 Å². The third-order valence-electron chi connectivity index (χ3n) is 6.36. The van der Waals surface area contributed by atoms with Crippen molar-refractivity contribution in [2.45, 2.75) is 23.9 Å². The quantitative estimate of drug-likeness (QED) is 0.360. The zero-order chi connectivity index (χ0) is 26.5. The molecule has 1 saturated heterocycles. The van der Waals surface area contributed by atoms with Crippen molar-refractivity contribution in [3.8, 4) is 0 Å². The second kappa shape index (κ2) is 12.0. The van der Waals surface area contributed by atoms with E-state index in [0.29, 0.717) is 40.6 Å². The van der Waals surface area contributed by atoms with E-state index in [1.807, 2.05) is 36.4 Å². The molecule has 0 saturated carbocycles. The summed E-state index contributed by atoms with van der Waals surface area (Å²) in [5.41, 5.74) is 1.62. The zero-order valence-electron chi connectivity index (χ0n) is 20.6. The van der Waals surface area contributed by atoms with Crippen LogP contribution in [0.3, 0.4) is 0 Å². The van der Waals surface area contributed by atoms with Crippen molar-refractivity contribution in [3.63, 3.8) is 0 Å². The average Bonchev–Trinajstić information content (AvgIpc) is 2.95. The summed E-state index contributed by atoms with van der Waals surface area (Å²) in [6.45, 7) is 3.85. The van der Waals surface area contributed by atoms with Gasteiger partial charge < -0.3 is 10.1 Å². The summed E-state index contributed by atoms with van der Waals surface area (Å²) in [4.78, 5) is 29.6. The number of nitrogens with one attached hydrogen (secondary N) is 1. The first-order valence-electron chi connectivity index (χ1n) is 12.3. The summed E-state index contributed by atoms with van der Waals surface area (Å²) >= 11 is 5.95. The lowest BCUT2D eigenvalue weighted by Gasteiger charge is -2.26. The fourth-order valence-electron chi connectivity index (χ4n) is 4.33. The van der Waals surface area contributed by atoms with E-state index in [1.54, 1.807) is 36.4 Å². The SMILES string of the molecule is O=C(NCc1ccc(Cl)cc1)c1nn(CS(=O)c2ccccc2)c2ccc(CN3CCOCC3)cc2c1=O. The van der Waals surface area contributed by atoms with Crippen LogP contribution in [-0.4, -0.2) is 51.1 Å². The number of aromatic nitrogens is 2. The molecule has 5 rings (SSSR count). The molecule has 0 radical (unpaired) electrons. The molecule has 1 fully saturated rings. The summed E-state index contributed by atoms with van der Waals surface area (Å²) in [6, 6.07) is 21.7. The fraction of sp³-hybridized carbons (Fsp3) is 0.250. The highest BCUT2D eigenvalue weighted by Crippen LogP contribution is 2.18. The Morgan fingerprint density at radius 2 is 1.71 bits per heavy atom. The molecule has 0 spiro atoms. The zero-order valence-corrected chi connectivity index (χ0v) is 22.2. The van der Waals surface area contributed by atoms with Gasteiger partial charge in [-0.05, 0) is 47.5 Å². The van der Waals surface area contributed by atoms with Gasteiger partial charge in [0.05, 0.1) is 34.9 Å². The van der Waals surface area contributed by atoms with Gasteiger partial charge >= 0.3 is 0 Å². The number of rotatable bonds is 8. The van der Waals surface area contributed by atoms with Crippen LogP contribution in [0.15, 0.2) is 82.5 Å². The normalized spacial score (nSPS) is 14.9. The van der Waals surface area contributed by atoms with Gasteiger partial charge in [0, 0.05) is 36.1 Å². The molecule has 1 aliphatic rings. The molecule has 1 atom stereocenters. The number of fused-ring (bicyclic) bond motifs is 1. The molecule has 2 heterocycles. The molecular formula is C28H27ClN4O4S. The summed E-state index contributed by atoms with van der Waals surface area (Å²) < 4.78 is 20.1. The Bertz CT molecular complexity index is 1520. The van der Waals surface area contributed by atoms with E-state index < -0.39 is 22.1 Å². The molecule has 1 aliphatic heterocycles. The lowest BCUT2D eigenvalue weighted by molar-refractivity contribution is 0.0342. The lowest BCUT2D eigenvalue weighted by atomic mass is 10.1. The van der Waals surface area contributed by atoms with E-state index in [-0.39, 0.29) is 18.1 Å². The summed E-state index contributed by atoms with van der Waals surface area (Å²) in [7, 11) is -1.43. The molecule has 4 aromatic rings. The summed E-state index contributed by atoms with van der Waals surface area (Å²) in [5.74, 6) is -0.592. The third-order valence-corrected chi connectivity index (χ3v) is 7.89. The summed E-state index contributed by atoms with van der Waals surface area (Å²) in [5, 5.41) is 8.13. The van der Waals surface area contributed by atoms with Crippen LogP contribution in [-0.2, 0) is 34.5 Å². The predicted octanol–water partition coefficient (Wildman–Crippen LogP) is 3.58. The Balaban J connectivity index is 1.49. The Morgan fingerprint density at radius 1 is 1.00 bits per heavy atom. The Labute approximate surface area is 227 Å². The number of carbonyl (C=O) groups is 1. The molecule has 8 nitrogen and oxygen atoms in total. The van der Waals surface area contributed by atoms with E-state index in [1.165, 1.54) is 4.68 Å². The molecule has 3 aromatic carbocycles. The number of amides is 1. The van der Waals surface area contributed by atoms with E-state index in [0.717, 1.165) is 24.2 Å². The lowest BCUT2D eigenvalue weighted by Crippen LogP contribution is -2.35. The molecule has 1 N–H and O–H groups in total. The molecule has 196 valence electrons. The van der Waals surface area contributed by atoms with Gasteiger partial charge in [-0.25, -0.2) is 0 Å². The first kappa shape index (κ1) is 26.2. The highest BCUT2D eigenvalue weighted by molar-refractivity contribution is 7.84. The number of nitrogens with zero attached hydrogens (tertiary/aromatic N) is 3. The van der Waals surface area contributed by atoms with Crippen LogP contribution in [0.2, 0.25) is 5.02 Å². The fourth-order valence-corrected chi connectivity index (χ4v) is 5.48. The Hall–Kier alpha value is -3.37. The average molecular weight is 551 g/mol. The van der Waals surface area contributed by atoms with E-state index in [2.05, 4.69) is 15.3 Å². The van der Waals surface area contributed by atoms with Gasteiger partial charge in [0.1, 0.15) is 5.88 Å². The van der Waals surface area contributed by atoms with Crippen molar-refractivity contribution in [1.82, 2.24) is 20.0 Å². The van der Waals surface area contributed by atoms with Crippen LogP contribution in [0.5, 0.6) is 0 Å². The number of carbonyl (C=O) groups excluding carboxylic acids is 1. The third kappa shape index (κ3) is 6.19. The first-order valence-corrected chi connectivity index (χ1v) is 14.0. The van der Waals surface area contributed by atoms with Crippen LogP contribution in [0.1, 0.15) is 21.6 Å². The Morgan fingerprint density at radius 3 is 2.45 bits per heavy atom. The van der Waals surface area contributed by atoms with Gasteiger partial charge in [0.25, 0.3) is 5.91 Å². The topological polar surface area (TPSA) is 93.5 Å². The standard InChI is InChI=1S/C28H27ClN4O4S/c29-22-9-6-20(7-10-22)17-30-28(35)26-27(34)24-16-21(18-32-12-14-37-15-13-32)8-11-25(24)33(31-26)19-38(36)23-4-2-1-3-5-23/h1-11,16H,12-15,17-19H2,(H,30,35). The van der Waals surface area contributed by atoms with Crippen LogP contribution >= 0.6 is 11.6 Å². The number of hydrogen-bond donors (Lipinski definition) is 1. The van der Waals surface area contributed by atoms with E-state index in [4.69, 9.17) is 16.3 Å².